The number of hydrogen-bond acceptors (Lipinski definition) is 4. The monoisotopic (exact) mass is 311 g/mol. The molecule has 108 valence electrons. The van der Waals surface area contributed by atoms with Crippen LogP contribution in [-0.4, -0.2) is 13.7 Å². The number of methoxy groups -OCH3 is 1. The summed E-state index contributed by atoms with van der Waals surface area (Å²) in [7, 11) is 1.64. The molecule has 2 rings (SSSR count). The smallest absolute Gasteiger partial charge is 0.162 e. The van der Waals surface area contributed by atoms with E-state index in [1.54, 1.807) is 18.4 Å². The van der Waals surface area contributed by atoms with E-state index in [9.17, 15) is 0 Å². The van der Waals surface area contributed by atoms with Crippen LogP contribution < -0.4 is 14.8 Å². The van der Waals surface area contributed by atoms with Crippen molar-refractivity contribution in [1.82, 2.24) is 0 Å². The van der Waals surface area contributed by atoms with Gasteiger partial charge in [0.1, 0.15) is 0 Å². The summed E-state index contributed by atoms with van der Waals surface area (Å²) < 4.78 is 11.7. The fourth-order valence-corrected chi connectivity index (χ4v) is 2.90. The van der Waals surface area contributed by atoms with Crippen molar-refractivity contribution in [3.63, 3.8) is 0 Å². The Bertz CT molecular complexity index is 571. The number of anilines is 1. The minimum absolute atomic E-state index is 0.182. The molecule has 3 nitrogen and oxygen atoms in total. The Morgan fingerprint density at radius 2 is 2.10 bits per heavy atom. The Morgan fingerprint density at radius 1 is 1.30 bits per heavy atom. The van der Waals surface area contributed by atoms with Crippen LogP contribution in [-0.2, 0) is 0 Å². The maximum Gasteiger partial charge on any atom is 0.162 e. The molecule has 1 heterocycles. The Labute approximate surface area is 128 Å². The summed E-state index contributed by atoms with van der Waals surface area (Å²) in [6, 6.07) is 8.00. The zero-order chi connectivity index (χ0) is 14.5. The number of thiophene rings is 1. The highest BCUT2D eigenvalue weighted by Crippen LogP contribution is 2.32. The van der Waals surface area contributed by atoms with Crippen LogP contribution in [0.5, 0.6) is 11.5 Å². The maximum absolute atomic E-state index is 5.96. The molecule has 0 aliphatic rings. The summed E-state index contributed by atoms with van der Waals surface area (Å²) in [4.78, 5) is 0. The molecule has 0 saturated heterocycles. The normalized spacial score (nSPS) is 12.0. The van der Waals surface area contributed by atoms with Gasteiger partial charge in [-0.05, 0) is 43.0 Å². The number of hydrogen-bond donors (Lipinski definition) is 1. The van der Waals surface area contributed by atoms with Gasteiger partial charge in [-0.15, -0.1) is 11.3 Å². The molecule has 1 aromatic heterocycles. The van der Waals surface area contributed by atoms with Gasteiger partial charge in [-0.25, -0.2) is 0 Å². The van der Waals surface area contributed by atoms with E-state index in [4.69, 9.17) is 21.1 Å². The van der Waals surface area contributed by atoms with Gasteiger partial charge in [-0.3, -0.25) is 0 Å². The van der Waals surface area contributed by atoms with Crippen LogP contribution in [0.4, 0.5) is 5.69 Å². The lowest BCUT2D eigenvalue weighted by atomic mass is 10.1. The van der Waals surface area contributed by atoms with E-state index in [2.05, 4.69) is 17.6 Å². The van der Waals surface area contributed by atoms with Gasteiger partial charge in [0.25, 0.3) is 0 Å². The molecule has 0 saturated carbocycles. The molecule has 0 aliphatic heterocycles. The van der Waals surface area contributed by atoms with E-state index in [1.807, 2.05) is 31.2 Å². The zero-order valence-corrected chi connectivity index (χ0v) is 13.3. The second kappa shape index (κ2) is 6.86. The lowest BCUT2D eigenvalue weighted by Gasteiger charge is -2.16. The van der Waals surface area contributed by atoms with Gasteiger partial charge in [0.05, 0.1) is 18.1 Å². The summed E-state index contributed by atoms with van der Waals surface area (Å²) >= 11 is 7.51. The van der Waals surface area contributed by atoms with E-state index < -0.39 is 0 Å². The summed E-state index contributed by atoms with van der Waals surface area (Å²) in [5.74, 6) is 1.49. The van der Waals surface area contributed by atoms with Crippen molar-refractivity contribution >= 4 is 28.6 Å². The van der Waals surface area contributed by atoms with Crippen LogP contribution in [0.2, 0.25) is 4.34 Å². The van der Waals surface area contributed by atoms with Crippen molar-refractivity contribution in [1.29, 1.82) is 0 Å². The second-order valence-electron chi connectivity index (χ2n) is 4.35. The summed E-state index contributed by atoms with van der Waals surface area (Å²) in [5.41, 5.74) is 2.16. The Balaban J connectivity index is 2.13. The molecule has 0 spiro atoms. The third-order valence-electron chi connectivity index (χ3n) is 2.93. The van der Waals surface area contributed by atoms with E-state index in [0.717, 1.165) is 21.5 Å². The molecule has 2 aromatic rings. The largest absolute Gasteiger partial charge is 0.493 e. The second-order valence-corrected chi connectivity index (χ2v) is 5.89. The van der Waals surface area contributed by atoms with Gasteiger partial charge in [0, 0.05) is 17.8 Å². The summed E-state index contributed by atoms with van der Waals surface area (Å²) in [5, 5.41) is 5.49. The average molecular weight is 312 g/mol. The van der Waals surface area contributed by atoms with Crippen LogP contribution in [0.1, 0.15) is 25.5 Å². The van der Waals surface area contributed by atoms with Gasteiger partial charge in [0.2, 0.25) is 0 Å². The van der Waals surface area contributed by atoms with Crippen molar-refractivity contribution < 1.29 is 9.47 Å². The molecule has 0 fully saturated rings. The van der Waals surface area contributed by atoms with E-state index >= 15 is 0 Å². The molecule has 5 heteroatoms. The van der Waals surface area contributed by atoms with Crippen LogP contribution in [0.3, 0.4) is 0 Å². The summed E-state index contributed by atoms with van der Waals surface area (Å²) in [6.45, 7) is 4.67. The van der Waals surface area contributed by atoms with Gasteiger partial charge in [-0.2, -0.15) is 0 Å². The number of benzene rings is 1. The predicted molar refractivity (Wildman–Crippen MR) is 85.5 cm³/mol. The molecule has 0 bridgehead atoms. The third-order valence-corrected chi connectivity index (χ3v) is 4.04. The lowest BCUT2D eigenvalue weighted by Crippen LogP contribution is -2.06. The Kier molecular flexibility index (Phi) is 5.15. The van der Waals surface area contributed by atoms with Crippen molar-refractivity contribution in [2.24, 2.45) is 0 Å². The number of rotatable bonds is 6. The van der Waals surface area contributed by atoms with Gasteiger partial charge >= 0.3 is 0 Å². The van der Waals surface area contributed by atoms with E-state index in [0.29, 0.717) is 6.61 Å². The molecular formula is C15H18ClNO2S. The first kappa shape index (κ1) is 15.0. The molecule has 0 radical (unpaired) electrons. The lowest BCUT2D eigenvalue weighted by molar-refractivity contribution is 0.311. The number of ether oxygens (including phenoxy) is 2. The molecule has 20 heavy (non-hydrogen) atoms. The van der Waals surface area contributed by atoms with Gasteiger partial charge < -0.3 is 14.8 Å². The van der Waals surface area contributed by atoms with Crippen molar-refractivity contribution in [3.05, 3.63) is 39.5 Å². The molecule has 1 N–H and O–H groups in total. The van der Waals surface area contributed by atoms with Crippen molar-refractivity contribution in [2.75, 3.05) is 19.0 Å². The fourth-order valence-electron chi connectivity index (χ4n) is 1.92. The Hall–Kier alpha value is -1.39. The molecule has 1 unspecified atom stereocenters. The van der Waals surface area contributed by atoms with Crippen LogP contribution >= 0.6 is 22.9 Å². The average Bonchev–Trinajstić information content (AvgIpc) is 2.87. The van der Waals surface area contributed by atoms with Crippen molar-refractivity contribution in [2.45, 2.75) is 19.9 Å². The van der Waals surface area contributed by atoms with Crippen LogP contribution in [0.15, 0.2) is 29.6 Å². The Morgan fingerprint density at radius 3 is 2.70 bits per heavy atom. The highest BCUT2D eigenvalue weighted by molar-refractivity contribution is 7.14. The van der Waals surface area contributed by atoms with Gasteiger partial charge in [0.15, 0.2) is 11.5 Å². The molecule has 1 aromatic carbocycles. The minimum atomic E-state index is 0.182. The van der Waals surface area contributed by atoms with E-state index in [-0.39, 0.29) is 6.04 Å². The first-order chi connectivity index (χ1) is 9.63. The molecular weight excluding hydrogens is 294 g/mol. The number of nitrogens with one attached hydrogen (secondary N) is 1. The summed E-state index contributed by atoms with van der Waals surface area (Å²) in [6.07, 6.45) is 0. The standard InChI is InChI=1S/C15H18ClNO2S/c1-4-19-13-6-5-12(8-14(13)18-3)17-10(2)11-7-15(16)20-9-11/h5-10,17H,4H2,1-3H3. The maximum atomic E-state index is 5.96. The van der Waals surface area contributed by atoms with Gasteiger partial charge in [-0.1, -0.05) is 11.6 Å². The SMILES string of the molecule is CCOc1ccc(NC(C)c2csc(Cl)c2)cc1OC. The highest BCUT2D eigenvalue weighted by Gasteiger charge is 2.10. The molecule has 0 aliphatic carbocycles. The molecule has 0 amide bonds. The fraction of sp³-hybridized carbons (Fsp3) is 0.333. The third kappa shape index (κ3) is 3.58. The highest BCUT2D eigenvalue weighted by atomic mass is 35.5. The van der Waals surface area contributed by atoms with Crippen LogP contribution in [0.25, 0.3) is 0 Å². The first-order valence-electron chi connectivity index (χ1n) is 6.45. The quantitative estimate of drug-likeness (QED) is 0.816. The zero-order valence-electron chi connectivity index (χ0n) is 11.8. The predicted octanol–water partition coefficient (Wildman–Crippen LogP) is 4.98. The van der Waals surface area contributed by atoms with E-state index in [1.165, 1.54) is 5.56 Å². The minimum Gasteiger partial charge on any atom is -0.493 e. The van der Waals surface area contributed by atoms with Crippen molar-refractivity contribution in [3.8, 4) is 11.5 Å². The van der Waals surface area contributed by atoms with Crippen LogP contribution in [0, 0.1) is 0 Å². The number of halogens is 1. The first-order valence-corrected chi connectivity index (χ1v) is 7.71. The topological polar surface area (TPSA) is 30.5 Å². The molecule has 1 atom stereocenters.